The minimum atomic E-state index is -3.45. The zero-order chi connectivity index (χ0) is 15.3. The fraction of sp³-hybridized carbons (Fsp3) is 0.500. The molecule has 1 aliphatic rings. The lowest BCUT2D eigenvalue weighted by Crippen LogP contribution is -2.41. The predicted octanol–water partition coefficient (Wildman–Crippen LogP) is 1.77. The average molecular weight is 331 g/mol. The molecule has 21 heavy (non-hydrogen) atoms. The van der Waals surface area contributed by atoms with Gasteiger partial charge in [-0.15, -0.1) is 0 Å². The summed E-state index contributed by atoms with van der Waals surface area (Å²) in [5.41, 5.74) is 0.570. The van der Waals surface area contributed by atoms with Crippen LogP contribution in [0.15, 0.2) is 24.3 Å². The van der Waals surface area contributed by atoms with Gasteiger partial charge in [0.1, 0.15) is 0 Å². The average Bonchev–Trinajstić information content (AvgIpc) is 2.43. The van der Waals surface area contributed by atoms with E-state index in [1.807, 2.05) is 0 Å². The summed E-state index contributed by atoms with van der Waals surface area (Å²) in [5, 5.41) is 0.439. The summed E-state index contributed by atoms with van der Waals surface area (Å²) in [7, 11) is -3.45. The van der Waals surface area contributed by atoms with Crippen molar-refractivity contribution < 1.29 is 13.2 Å². The first kappa shape index (κ1) is 16.3. The van der Waals surface area contributed by atoms with Gasteiger partial charge >= 0.3 is 0 Å². The van der Waals surface area contributed by atoms with E-state index in [9.17, 15) is 13.2 Å². The van der Waals surface area contributed by atoms with Gasteiger partial charge in [-0.1, -0.05) is 29.8 Å². The van der Waals surface area contributed by atoms with Crippen LogP contribution in [0.3, 0.4) is 0 Å². The molecule has 7 heteroatoms. The van der Waals surface area contributed by atoms with E-state index in [4.69, 9.17) is 11.6 Å². The van der Waals surface area contributed by atoms with E-state index in [1.54, 1.807) is 29.2 Å². The molecule has 0 spiro atoms. The maximum Gasteiger partial charge on any atom is 0.222 e. The number of sulfonamides is 1. The molecule has 0 radical (unpaired) electrons. The molecule has 0 aromatic heterocycles. The van der Waals surface area contributed by atoms with Crippen LogP contribution >= 0.6 is 11.6 Å². The first-order valence-electron chi connectivity index (χ1n) is 6.96. The fourth-order valence-electron chi connectivity index (χ4n) is 2.31. The summed E-state index contributed by atoms with van der Waals surface area (Å²) in [6.45, 7) is 1.37. The molecular formula is C14H19ClN2O3S. The van der Waals surface area contributed by atoms with E-state index < -0.39 is 10.0 Å². The Morgan fingerprint density at radius 2 is 2.00 bits per heavy atom. The van der Waals surface area contributed by atoms with Gasteiger partial charge in [-0.05, 0) is 24.5 Å². The standard InChI is InChI=1S/C14H19ClN2O3S/c15-13-6-2-1-5-12(13)11-21(19,20)16-8-10-17-9-4-3-7-14(17)18/h1-2,5-6,16H,3-4,7-11H2. The summed E-state index contributed by atoms with van der Waals surface area (Å²) in [6, 6.07) is 6.87. The van der Waals surface area contributed by atoms with Crippen molar-refractivity contribution in [3.63, 3.8) is 0 Å². The second kappa shape index (κ2) is 7.24. The van der Waals surface area contributed by atoms with Crippen LogP contribution < -0.4 is 4.72 Å². The molecule has 1 aliphatic heterocycles. The fourth-order valence-corrected chi connectivity index (χ4v) is 3.75. The Balaban J connectivity index is 1.84. The van der Waals surface area contributed by atoms with Crippen molar-refractivity contribution in [3.8, 4) is 0 Å². The maximum atomic E-state index is 12.0. The van der Waals surface area contributed by atoms with Gasteiger partial charge < -0.3 is 4.90 Å². The van der Waals surface area contributed by atoms with Crippen LogP contribution in [0.25, 0.3) is 0 Å². The molecule has 0 bridgehead atoms. The van der Waals surface area contributed by atoms with Crippen molar-refractivity contribution in [2.75, 3.05) is 19.6 Å². The number of benzene rings is 1. The second-order valence-electron chi connectivity index (χ2n) is 5.08. The number of piperidine rings is 1. The lowest BCUT2D eigenvalue weighted by molar-refractivity contribution is -0.133. The Bertz CT molecular complexity index is 604. The third-order valence-corrected chi connectivity index (χ3v) is 5.13. The quantitative estimate of drug-likeness (QED) is 0.864. The van der Waals surface area contributed by atoms with Crippen LogP contribution in [0.1, 0.15) is 24.8 Å². The number of hydrogen-bond acceptors (Lipinski definition) is 3. The molecule has 1 N–H and O–H groups in total. The molecule has 0 unspecified atom stereocenters. The van der Waals surface area contributed by atoms with E-state index >= 15 is 0 Å². The van der Waals surface area contributed by atoms with Gasteiger partial charge in [0.15, 0.2) is 0 Å². The highest BCUT2D eigenvalue weighted by molar-refractivity contribution is 7.88. The molecule has 0 aliphatic carbocycles. The number of halogens is 1. The molecule has 116 valence electrons. The zero-order valence-corrected chi connectivity index (χ0v) is 13.3. The summed E-state index contributed by atoms with van der Waals surface area (Å²) in [5.74, 6) is -0.0489. The highest BCUT2D eigenvalue weighted by atomic mass is 35.5. The van der Waals surface area contributed by atoms with Crippen molar-refractivity contribution in [2.24, 2.45) is 0 Å². The Hall–Kier alpha value is -1.11. The van der Waals surface area contributed by atoms with E-state index in [0.717, 1.165) is 12.8 Å². The second-order valence-corrected chi connectivity index (χ2v) is 7.30. The normalized spacial score (nSPS) is 16.2. The van der Waals surface area contributed by atoms with Gasteiger partial charge in [0, 0.05) is 31.1 Å². The van der Waals surface area contributed by atoms with E-state index in [0.29, 0.717) is 30.1 Å². The number of hydrogen-bond donors (Lipinski definition) is 1. The van der Waals surface area contributed by atoms with E-state index in [2.05, 4.69) is 4.72 Å². The van der Waals surface area contributed by atoms with Crippen molar-refractivity contribution in [3.05, 3.63) is 34.9 Å². The van der Waals surface area contributed by atoms with Gasteiger partial charge in [0.05, 0.1) is 5.75 Å². The molecule has 1 saturated heterocycles. The molecule has 0 atom stereocenters. The first-order chi connectivity index (χ1) is 9.98. The molecule has 5 nitrogen and oxygen atoms in total. The van der Waals surface area contributed by atoms with Crippen molar-refractivity contribution in [1.82, 2.24) is 9.62 Å². The molecular weight excluding hydrogens is 312 g/mol. The molecule has 1 aromatic carbocycles. The third-order valence-electron chi connectivity index (χ3n) is 3.43. The van der Waals surface area contributed by atoms with Crippen LogP contribution in [-0.2, 0) is 20.6 Å². The number of carbonyl (C=O) groups is 1. The number of amides is 1. The molecule has 1 aromatic rings. The zero-order valence-electron chi connectivity index (χ0n) is 11.7. The summed E-state index contributed by atoms with van der Waals surface area (Å²) in [6.07, 6.45) is 2.47. The maximum absolute atomic E-state index is 12.0. The highest BCUT2D eigenvalue weighted by Crippen LogP contribution is 2.17. The lowest BCUT2D eigenvalue weighted by atomic mass is 10.1. The Morgan fingerprint density at radius 3 is 2.71 bits per heavy atom. The Labute approximate surface area is 130 Å². The molecule has 1 fully saturated rings. The Morgan fingerprint density at radius 1 is 1.24 bits per heavy atom. The van der Waals surface area contributed by atoms with E-state index in [-0.39, 0.29) is 18.2 Å². The summed E-state index contributed by atoms with van der Waals surface area (Å²) in [4.78, 5) is 13.3. The van der Waals surface area contributed by atoms with Crippen molar-refractivity contribution in [2.45, 2.75) is 25.0 Å². The SMILES string of the molecule is O=C1CCCCN1CCNS(=O)(=O)Cc1ccccc1Cl. The third kappa shape index (κ3) is 4.98. The van der Waals surface area contributed by atoms with Crippen LogP contribution in [0.4, 0.5) is 0 Å². The number of likely N-dealkylation sites (tertiary alicyclic amines) is 1. The van der Waals surface area contributed by atoms with Gasteiger partial charge in [-0.25, -0.2) is 13.1 Å². The molecule has 0 saturated carbocycles. The minimum absolute atomic E-state index is 0.103. The van der Waals surface area contributed by atoms with E-state index in [1.165, 1.54) is 0 Å². The van der Waals surface area contributed by atoms with Gasteiger partial charge in [-0.2, -0.15) is 0 Å². The topological polar surface area (TPSA) is 66.5 Å². The summed E-state index contributed by atoms with van der Waals surface area (Å²) >= 11 is 5.96. The number of carbonyl (C=O) groups excluding carboxylic acids is 1. The lowest BCUT2D eigenvalue weighted by Gasteiger charge is -2.26. The molecule has 1 heterocycles. The van der Waals surface area contributed by atoms with Gasteiger partial charge in [0.2, 0.25) is 15.9 Å². The van der Waals surface area contributed by atoms with Crippen molar-refractivity contribution >= 4 is 27.5 Å². The predicted molar refractivity (Wildman–Crippen MR) is 82.5 cm³/mol. The van der Waals surface area contributed by atoms with Crippen LogP contribution in [-0.4, -0.2) is 38.9 Å². The number of rotatable bonds is 6. The van der Waals surface area contributed by atoms with Crippen molar-refractivity contribution in [1.29, 1.82) is 0 Å². The highest BCUT2D eigenvalue weighted by Gasteiger charge is 2.19. The first-order valence-corrected chi connectivity index (χ1v) is 8.99. The van der Waals surface area contributed by atoms with Crippen LogP contribution in [0.2, 0.25) is 5.02 Å². The molecule has 1 amide bonds. The largest absolute Gasteiger partial charge is 0.341 e. The number of nitrogens with one attached hydrogen (secondary N) is 1. The van der Waals surface area contributed by atoms with Crippen LogP contribution in [0, 0.1) is 0 Å². The smallest absolute Gasteiger partial charge is 0.222 e. The molecule has 2 rings (SSSR count). The number of nitrogens with zero attached hydrogens (tertiary/aromatic N) is 1. The Kier molecular flexibility index (Phi) is 5.61. The monoisotopic (exact) mass is 330 g/mol. The van der Waals surface area contributed by atoms with Crippen LogP contribution in [0.5, 0.6) is 0 Å². The minimum Gasteiger partial charge on any atom is -0.341 e. The van der Waals surface area contributed by atoms with Gasteiger partial charge in [0.25, 0.3) is 0 Å². The van der Waals surface area contributed by atoms with Gasteiger partial charge in [-0.3, -0.25) is 4.79 Å². The summed E-state index contributed by atoms with van der Waals surface area (Å²) < 4.78 is 26.5.